The normalized spacial score (nSPS) is 44.8. The van der Waals surface area contributed by atoms with E-state index in [0.29, 0.717) is 16.7 Å². The Morgan fingerprint density at radius 1 is 0.531 bits per heavy atom. The second-order valence-corrected chi connectivity index (χ2v) is 27.3. The van der Waals surface area contributed by atoms with Crippen molar-refractivity contribution in [2.75, 3.05) is 0 Å². The summed E-state index contributed by atoms with van der Waals surface area (Å²) in [6, 6.07) is 6.90. The molecule has 0 radical (unpaired) electrons. The van der Waals surface area contributed by atoms with E-state index in [4.69, 9.17) is 21.1 Å². The number of hydrogen-bond donors (Lipinski definition) is 0. The highest BCUT2D eigenvalue weighted by atomic mass is 35.5. The van der Waals surface area contributed by atoms with Crippen molar-refractivity contribution in [1.29, 1.82) is 0 Å². The molecule has 9 rings (SSSR count). The molecule has 4 unspecified atom stereocenters. The Labute approximate surface area is 400 Å². The molecule has 1 aromatic rings. The van der Waals surface area contributed by atoms with E-state index in [1.165, 1.54) is 154 Å². The van der Waals surface area contributed by atoms with Gasteiger partial charge in [-0.2, -0.15) is 0 Å². The first kappa shape index (κ1) is 48.1. The first-order chi connectivity index (χ1) is 30.6. The zero-order chi connectivity index (χ0) is 45.2. The van der Waals surface area contributed by atoms with Gasteiger partial charge >= 0.3 is 0 Å². The van der Waals surface area contributed by atoms with Crippen molar-refractivity contribution < 1.29 is 9.47 Å². The second-order valence-electron chi connectivity index (χ2n) is 27.1. The van der Waals surface area contributed by atoms with Crippen molar-refractivity contribution in [1.82, 2.24) is 0 Å². The number of ether oxygens (including phenoxy) is 2. The third-order valence-electron chi connectivity index (χ3n) is 23.5. The van der Waals surface area contributed by atoms with E-state index >= 15 is 0 Å². The molecule has 0 bridgehead atoms. The van der Waals surface area contributed by atoms with Crippen LogP contribution in [-0.2, 0) is 5.88 Å². The standard InChI is InChI=1S/C61H99ClO2/c1-39(2)15-11-17-41(5)49-28-30-51-47-26-23-44-19-13-21-56(60(44,9)53(47)33-35-58(49,51)7)63-46-25-32-55(43(37-46)38-62)64-57-22-14-20-45-24-27-48-52-31-29-50(42(6)18-12-16-40(3)4)59(52,8)36-34-54(48)61(45,57)10/h25,32,37,39-42,44-45,47-54,56-57H,11-24,26-31,33-36,38H2,1-10H3/t41-,42-,44?,45?,47+,48+,49-,50-,51+,52+,53+,54+,56?,57?,58-,59-,60+,61+/m1/s1. The molecule has 0 aliphatic heterocycles. The van der Waals surface area contributed by atoms with Gasteiger partial charge in [0, 0.05) is 16.4 Å². The van der Waals surface area contributed by atoms with Gasteiger partial charge in [-0.1, -0.05) is 108 Å². The molecule has 3 heteroatoms. The molecule has 1 aromatic carbocycles. The molecule has 0 heterocycles. The van der Waals surface area contributed by atoms with Crippen molar-refractivity contribution in [2.45, 2.75) is 241 Å². The molecule has 8 aliphatic rings. The Balaban J connectivity index is 0.887. The summed E-state index contributed by atoms with van der Waals surface area (Å²) < 4.78 is 14.8. The molecule has 0 saturated heterocycles. The topological polar surface area (TPSA) is 18.5 Å². The van der Waals surface area contributed by atoms with Crippen LogP contribution in [-0.4, -0.2) is 12.2 Å². The lowest BCUT2D eigenvalue weighted by Gasteiger charge is -2.62. The van der Waals surface area contributed by atoms with Crippen molar-refractivity contribution in [2.24, 2.45) is 105 Å². The molecule has 2 nitrogen and oxygen atoms in total. The largest absolute Gasteiger partial charge is 0.490 e. The van der Waals surface area contributed by atoms with Crippen LogP contribution in [0.5, 0.6) is 11.5 Å². The Hall–Kier alpha value is -0.890. The fraction of sp³-hybridized carbons (Fsp3) is 0.902. The third-order valence-corrected chi connectivity index (χ3v) is 23.8. The van der Waals surface area contributed by atoms with Crippen molar-refractivity contribution in [3.63, 3.8) is 0 Å². The number of rotatable bonds is 15. The van der Waals surface area contributed by atoms with Crippen LogP contribution in [0.4, 0.5) is 0 Å². The predicted molar refractivity (Wildman–Crippen MR) is 271 cm³/mol. The summed E-state index contributed by atoms with van der Waals surface area (Å²) in [5.74, 6) is 14.5. The molecule has 8 fully saturated rings. The average Bonchev–Trinajstić information content (AvgIpc) is 3.81. The summed E-state index contributed by atoms with van der Waals surface area (Å²) in [4.78, 5) is 0. The van der Waals surface area contributed by atoms with Crippen LogP contribution in [0, 0.1) is 105 Å². The minimum Gasteiger partial charge on any atom is -0.490 e. The highest BCUT2D eigenvalue weighted by Crippen LogP contribution is 2.71. The number of halogens is 1. The quantitative estimate of drug-likeness (QED) is 0.163. The molecule has 0 N–H and O–H groups in total. The summed E-state index contributed by atoms with van der Waals surface area (Å²) in [6.07, 6.45) is 34.2. The fourth-order valence-corrected chi connectivity index (χ4v) is 20.4. The molecule has 362 valence electrons. The molecule has 0 spiro atoms. The van der Waals surface area contributed by atoms with Gasteiger partial charge in [0.2, 0.25) is 0 Å². The molecule has 18 atom stereocenters. The lowest BCUT2D eigenvalue weighted by atomic mass is 9.44. The van der Waals surface area contributed by atoms with Crippen LogP contribution < -0.4 is 9.47 Å². The van der Waals surface area contributed by atoms with E-state index in [2.05, 4.69) is 87.4 Å². The van der Waals surface area contributed by atoms with Crippen LogP contribution in [0.3, 0.4) is 0 Å². The zero-order valence-electron chi connectivity index (χ0n) is 43.3. The Bertz CT molecular complexity index is 1720. The summed E-state index contributed by atoms with van der Waals surface area (Å²) in [7, 11) is 0. The Morgan fingerprint density at radius 2 is 1.02 bits per heavy atom. The smallest absolute Gasteiger partial charge is 0.124 e. The van der Waals surface area contributed by atoms with Crippen LogP contribution in [0.25, 0.3) is 0 Å². The van der Waals surface area contributed by atoms with E-state index in [-0.39, 0.29) is 23.0 Å². The summed E-state index contributed by atoms with van der Waals surface area (Å²) in [5.41, 5.74) is 2.71. The number of benzene rings is 1. The lowest BCUT2D eigenvalue weighted by molar-refractivity contribution is -0.158. The van der Waals surface area contributed by atoms with E-state index in [1.54, 1.807) is 0 Å². The maximum absolute atomic E-state index is 7.45. The lowest BCUT2D eigenvalue weighted by Crippen LogP contribution is -2.59. The van der Waals surface area contributed by atoms with E-state index in [0.717, 1.165) is 99.9 Å². The summed E-state index contributed by atoms with van der Waals surface area (Å²) >= 11 is 6.94. The number of fused-ring (bicyclic) bond motifs is 10. The second kappa shape index (κ2) is 19.1. The summed E-state index contributed by atoms with van der Waals surface area (Å²) in [6.45, 7) is 25.8. The van der Waals surface area contributed by atoms with E-state index < -0.39 is 0 Å². The maximum atomic E-state index is 7.45. The SMILES string of the molecule is CC(C)CCC[C@@H](C)[C@H]1CC[C@H]2[C@@H]3CCC4CCCC(Oc5ccc(OC6CCCC7CC[C@@H]8[C@H](CC[C@]9(C)[C@@H]([C@H](C)CCCC(C)C)CC[C@@H]89)[C@]76C)c(CCl)c5)[C@]4(C)[C@H]3CC[C@]12C. The minimum absolute atomic E-state index is 0.243. The number of hydrogen-bond acceptors (Lipinski definition) is 2. The first-order valence-corrected chi connectivity index (χ1v) is 29.2. The van der Waals surface area contributed by atoms with E-state index in [9.17, 15) is 0 Å². The number of alkyl halides is 1. The van der Waals surface area contributed by atoms with Crippen LogP contribution in [0.15, 0.2) is 18.2 Å². The van der Waals surface area contributed by atoms with Gasteiger partial charge in [0.15, 0.2) is 0 Å². The third kappa shape index (κ3) is 8.40. The van der Waals surface area contributed by atoms with Crippen LogP contribution in [0.2, 0.25) is 0 Å². The van der Waals surface area contributed by atoms with Gasteiger partial charge in [-0.15, -0.1) is 11.6 Å². The average molecular weight is 900 g/mol. The molecule has 8 aliphatic carbocycles. The van der Waals surface area contributed by atoms with Crippen molar-refractivity contribution >= 4 is 11.6 Å². The Kier molecular flexibility index (Phi) is 14.4. The minimum atomic E-state index is 0.243. The molecule has 0 amide bonds. The monoisotopic (exact) mass is 899 g/mol. The highest BCUT2D eigenvalue weighted by Gasteiger charge is 2.64. The molecular weight excluding hydrogens is 800 g/mol. The Morgan fingerprint density at radius 3 is 1.48 bits per heavy atom. The van der Waals surface area contributed by atoms with Crippen molar-refractivity contribution in [3.8, 4) is 11.5 Å². The molecule has 0 aromatic heterocycles. The maximum Gasteiger partial charge on any atom is 0.124 e. The van der Waals surface area contributed by atoms with Gasteiger partial charge in [0.1, 0.15) is 23.7 Å². The van der Waals surface area contributed by atoms with Gasteiger partial charge in [-0.3, -0.25) is 0 Å². The predicted octanol–water partition coefficient (Wildman–Crippen LogP) is 18.2. The van der Waals surface area contributed by atoms with Gasteiger partial charge in [0.25, 0.3) is 0 Å². The van der Waals surface area contributed by atoms with Crippen molar-refractivity contribution in [3.05, 3.63) is 23.8 Å². The molecular formula is C61H99ClO2. The van der Waals surface area contributed by atoms with Gasteiger partial charge in [0.05, 0.1) is 5.88 Å². The van der Waals surface area contributed by atoms with Gasteiger partial charge in [-0.25, -0.2) is 0 Å². The molecule has 8 saturated carbocycles. The van der Waals surface area contributed by atoms with Gasteiger partial charge in [-0.05, 0) is 227 Å². The van der Waals surface area contributed by atoms with E-state index in [1.807, 2.05) is 0 Å². The van der Waals surface area contributed by atoms with Crippen LogP contribution in [0.1, 0.15) is 229 Å². The highest BCUT2D eigenvalue weighted by molar-refractivity contribution is 6.17. The zero-order valence-corrected chi connectivity index (χ0v) is 44.1. The van der Waals surface area contributed by atoms with Gasteiger partial charge < -0.3 is 9.47 Å². The first-order valence-electron chi connectivity index (χ1n) is 28.6. The summed E-state index contributed by atoms with van der Waals surface area (Å²) in [5, 5.41) is 0. The van der Waals surface area contributed by atoms with Crippen LogP contribution >= 0.6 is 11.6 Å². The fourth-order valence-electron chi connectivity index (χ4n) is 20.2. The molecule has 64 heavy (non-hydrogen) atoms.